The Morgan fingerprint density at radius 2 is 0.833 bits per heavy atom. The monoisotopic (exact) mass is 358 g/mol. The molecule has 2 aromatic carbocycles. The van der Waals surface area contributed by atoms with Crippen LogP contribution in [0.5, 0.6) is 0 Å². The van der Waals surface area contributed by atoms with E-state index in [1.165, 1.54) is 11.1 Å². The molecule has 0 saturated heterocycles. The minimum atomic E-state index is 0.214. The number of thioether (sulfide) groups is 2. The normalized spacial score (nSPS) is 15.1. The van der Waals surface area contributed by atoms with Gasteiger partial charge in [0, 0.05) is 20.0 Å². The van der Waals surface area contributed by atoms with E-state index in [1.54, 1.807) is 0 Å². The Labute approximate surface area is 156 Å². The molecule has 2 aromatic rings. The number of rotatable bonds is 5. The molecule has 0 radical (unpaired) electrons. The molecule has 2 atom stereocenters. The van der Waals surface area contributed by atoms with Gasteiger partial charge in [-0.3, -0.25) is 0 Å². The Kier molecular flexibility index (Phi) is 6.50. The highest BCUT2D eigenvalue weighted by atomic mass is 32.2. The van der Waals surface area contributed by atoms with E-state index in [2.05, 4.69) is 126 Å². The van der Waals surface area contributed by atoms with Gasteiger partial charge in [0.2, 0.25) is 0 Å². The summed E-state index contributed by atoms with van der Waals surface area (Å²) in [5, 5.41) is 0.857. The van der Waals surface area contributed by atoms with Gasteiger partial charge in [-0.15, -0.1) is 23.5 Å². The van der Waals surface area contributed by atoms with E-state index in [4.69, 9.17) is 0 Å². The third-order valence-corrected chi connectivity index (χ3v) is 6.68. The highest BCUT2D eigenvalue weighted by Crippen LogP contribution is 2.54. The maximum absolute atomic E-state index is 2.32. The van der Waals surface area contributed by atoms with Crippen molar-refractivity contribution in [2.24, 2.45) is 0 Å². The number of hydrogen-bond acceptors (Lipinski definition) is 2. The average molecular weight is 359 g/mol. The third-order valence-electron chi connectivity index (χ3n) is 3.49. The van der Waals surface area contributed by atoms with E-state index < -0.39 is 0 Å². The SMILES string of the molecule is CC(C)(C)S[C@@H](c1ccccc1)[C@@H](SC(C)(C)C)c1ccccc1. The second-order valence-electron chi connectivity index (χ2n) is 8.12. The molecule has 0 heterocycles. The van der Waals surface area contributed by atoms with Crippen LogP contribution in [0.25, 0.3) is 0 Å². The Morgan fingerprint density at radius 3 is 1.08 bits per heavy atom. The van der Waals surface area contributed by atoms with Gasteiger partial charge in [0.05, 0.1) is 0 Å². The quantitative estimate of drug-likeness (QED) is 0.541. The third kappa shape index (κ3) is 6.22. The standard InChI is InChI=1S/C22H30S2/c1-21(2,3)23-19(17-13-9-7-10-14-17)20(24-22(4,5)6)18-15-11-8-12-16-18/h7-16,19-20H,1-6H3/t19-,20-/m0/s1. The fourth-order valence-electron chi connectivity index (χ4n) is 2.66. The molecule has 2 rings (SSSR count). The van der Waals surface area contributed by atoms with Crippen molar-refractivity contribution in [2.75, 3.05) is 0 Å². The summed E-state index contributed by atoms with van der Waals surface area (Å²) in [7, 11) is 0. The van der Waals surface area contributed by atoms with Crippen LogP contribution >= 0.6 is 23.5 Å². The summed E-state index contributed by atoms with van der Waals surface area (Å²) in [4.78, 5) is 0. The zero-order chi connectivity index (χ0) is 17.8. The Hall–Kier alpha value is -0.860. The van der Waals surface area contributed by atoms with Crippen LogP contribution in [-0.4, -0.2) is 9.49 Å². The van der Waals surface area contributed by atoms with Crippen LogP contribution < -0.4 is 0 Å². The molecule has 24 heavy (non-hydrogen) atoms. The zero-order valence-corrected chi connectivity index (χ0v) is 17.4. The summed E-state index contributed by atoms with van der Waals surface area (Å²) in [6.45, 7) is 13.9. The van der Waals surface area contributed by atoms with Gasteiger partial charge in [0.25, 0.3) is 0 Å². The van der Waals surface area contributed by atoms with Gasteiger partial charge in [-0.25, -0.2) is 0 Å². The summed E-state index contributed by atoms with van der Waals surface area (Å²) >= 11 is 4.16. The van der Waals surface area contributed by atoms with Crippen molar-refractivity contribution in [1.82, 2.24) is 0 Å². The van der Waals surface area contributed by atoms with Crippen LogP contribution in [0.15, 0.2) is 60.7 Å². The summed E-state index contributed by atoms with van der Waals surface area (Å²) in [6, 6.07) is 22.0. The lowest BCUT2D eigenvalue weighted by Gasteiger charge is -2.36. The molecule has 0 fully saturated rings. The lowest BCUT2D eigenvalue weighted by Crippen LogP contribution is -2.19. The Morgan fingerprint density at radius 1 is 0.542 bits per heavy atom. The highest BCUT2D eigenvalue weighted by Gasteiger charge is 2.32. The maximum Gasteiger partial charge on any atom is 0.0462 e. The predicted octanol–water partition coefficient (Wildman–Crippen LogP) is 7.53. The molecule has 130 valence electrons. The Balaban J connectivity index is 2.47. The van der Waals surface area contributed by atoms with E-state index in [0.717, 1.165) is 0 Å². The highest BCUT2D eigenvalue weighted by molar-refractivity contribution is 8.04. The van der Waals surface area contributed by atoms with Gasteiger partial charge in [-0.05, 0) is 11.1 Å². The number of benzene rings is 2. The molecule has 0 aromatic heterocycles. The largest absolute Gasteiger partial charge is 0.146 e. The summed E-state index contributed by atoms with van der Waals surface area (Å²) in [6.07, 6.45) is 0. The fourth-order valence-corrected chi connectivity index (χ4v) is 5.66. The van der Waals surface area contributed by atoms with Gasteiger partial charge in [-0.1, -0.05) is 102 Å². The van der Waals surface area contributed by atoms with Crippen molar-refractivity contribution in [3.8, 4) is 0 Å². The van der Waals surface area contributed by atoms with Crippen LogP contribution in [0.1, 0.15) is 63.2 Å². The molecule has 2 heteroatoms. The minimum absolute atomic E-state index is 0.214. The van der Waals surface area contributed by atoms with E-state index >= 15 is 0 Å². The molecule has 0 aliphatic rings. The topological polar surface area (TPSA) is 0 Å². The van der Waals surface area contributed by atoms with Gasteiger partial charge in [0.15, 0.2) is 0 Å². The smallest absolute Gasteiger partial charge is 0.0462 e. The predicted molar refractivity (Wildman–Crippen MR) is 113 cm³/mol. The minimum Gasteiger partial charge on any atom is -0.146 e. The molecular weight excluding hydrogens is 328 g/mol. The average Bonchev–Trinajstić information content (AvgIpc) is 2.50. The first kappa shape index (κ1) is 19.5. The summed E-state index contributed by atoms with van der Waals surface area (Å²) < 4.78 is 0.429. The summed E-state index contributed by atoms with van der Waals surface area (Å²) in [5.74, 6) is 0. The first-order valence-corrected chi connectivity index (χ1v) is 10.4. The number of hydrogen-bond donors (Lipinski definition) is 0. The molecule has 0 saturated carbocycles. The van der Waals surface area contributed by atoms with Crippen molar-refractivity contribution in [2.45, 2.75) is 61.5 Å². The molecule has 0 bridgehead atoms. The lowest BCUT2D eigenvalue weighted by atomic mass is 10.0. The zero-order valence-electron chi connectivity index (χ0n) is 15.7. The van der Waals surface area contributed by atoms with E-state index in [1.807, 2.05) is 0 Å². The lowest BCUT2D eigenvalue weighted by molar-refractivity contribution is 0.762. The van der Waals surface area contributed by atoms with Gasteiger partial charge in [-0.2, -0.15) is 0 Å². The maximum atomic E-state index is 2.32. The molecule has 0 spiro atoms. The molecule has 0 aliphatic heterocycles. The molecule has 0 amide bonds. The first-order chi connectivity index (χ1) is 11.2. The first-order valence-electron chi connectivity index (χ1n) is 8.61. The summed E-state index contributed by atoms with van der Waals surface area (Å²) in [5.41, 5.74) is 2.84. The van der Waals surface area contributed by atoms with E-state index in [-0.39, 0.29) is 9.49 Å². The van der Waals surface area contributed by atoms with E-state index in [9.17, 15) is 0 Å². The van der Waals surface area contributed by atoms with Gasteiger partial charge < -0.3 is 0 Å². The van der Waals surface area contributed by atoms with Crippen LogP contribution in [0, 0.1) is 0 Å². The van der Waals surface area contributed by atoms with Crippen molar-refractivity contribution in [3.05, 3.63) is 71.8 Å². The Bertz CT molecular complexity index is 548. The molecular formula is C22H30S2. The molecule has 0 N–H and O–H groups in total. The van der Waals surface area contributed by atoms with E-state index in [0.29, 0.717) is 10.5 Å². The molecule has 0 aliphatic carbocycles. The van der Waals surface area contributed by atoms with Crippen molar-refractivity contribution in [3.63, 3.8) is 0 Å². The van der Waals surface area contributed by atoms with Crippen LogP contribution in [0.3, 0.4) is 0 Å². The van der Waals surface area contributed by atoms with Crippen LogP contribution in [-0.2, 0) is 0 Å². The van der Waals surface area contributed by atoms with Crippen LogP contribution in [0.4, 0.5) is 0 Å². The van der Waals surface area contributed by atoms with Crippen molar-refractivity contribution >= 4 is 23.5 Å². The molecule has 0 nitrogen and oxygen atoms in total. The fraction of sp³-hybridized carbons (Fsp3) is 0.455. The van der Waals surface area contributed by atoms with Gasteiger partial charge >= 0.3 is 0 Å². The van der Waals surface area contributed by atoms with Gasteiger partial charge in [0.1, 0.15) is 0 Å². The second-order valence-corrected chi connectivity index (χ2v) is 12.1. The van der Waals surface area contributed by atoms with Crippen molar-refractivity contribution < 1.29 is 0 Å². The van der Waals surface area contributed by atoms with Crippen LogP contribution in [0.2, 0.25) is 0 Å². The molecule has 0 unspecified atom stereocenters. The second kappa shape index (κ2) is 8.01. The van der Waals surface area contributed by atoms with Crippen molar-refractivity contribution in [1.29, 1.82) is 0 Å².